The van der Waals surface area contributed by atoms with E-state index in [9.17, 15) is 4.79 Å². The fourth-order valence-electron chi connectivity index (χ4n) is 4.90. The number of aromatic amines is 1. The molecule has 0 amide bonds. The van der Waals surface area contributed by atoms with Crippen molar-refractivity contribution in [3.8, 4) is 28.3 Å². The fraction of sp³-hybridized carbons (Fsp3) is 0.410. The summed E-state index contributed by atoms with van der Waals surface area (Å²) in [6, 6.07) is 27.5. The third-order valence-corrected chi connectivity index (χ3v) is 8.44. The van der Waals surface area contributed by atoms with Gasteiger partial charge in [-0.15, -0.1) is 0 Å². The van der Waals surface area contributed by atoms with Crippen LogP contribution in [0.3, 0.4) is 0 Å². The van der Waals surface area contributed by atoms with Crippen molar-refractivity contribution in [2.24, 2.45) is 11.1 Å². The van der Waals surface area contributed by atoms with Gasteiger partial charge in [0.2, 0.25) is 0 Å². The Kier molecular flexibility index (Phi) is 15.4. The average Bonchev–Trinajstić information content (AvgIpc) is 3.54. The van der Waals surface area contributed by atoms with Crippen molar-refractivity contribution in [2.45, 2.75) is 77.3 Å². The lowest BCUT2D eigenvalue weighted by Gasteiger charge is -2.10. The number of imidazole rings is 1. The van der Waals surface area contributed by atoms with Gasteiger partial charge in [-0.2, -0.15) is 0 Å². The first-order chi connectivity index (χ1) is 23.0. The Bertz CT molecular complexity index is 1430. The first-order valence-corrected chi connectivity index (χ1v) is 17.9. The van der Waals surface area contributed by atoms with Gasteiger partial charge < -0.3 is 19.3 Å². The Balaban J connectivity index is 1.39. The molecule has 0 aliphatic rings. The van der Waals surface area contributed by atoms with Crippen molar-refractivity contribution in [2.75, 3.05) is 25.6 Å². The molecule has 47 heavy (non-hydrogen) atoms. The maximum Gasteiger partial charge on any atom is 0.338 e. The van der Waals surface area contributed by atoms with Crippen LogP contribution in [0, 0.1) is 5.92 Å². The molecule has 1 heterocycles. The van der Waals surface area contributed by atoms with Gasteiger partial charge in [-0.1, -0.05) is 137 Å². The number of nitrogens with zero attached hydrogens (tertiary/aromatic N) is 2. The highest BCUT2D eigenvalue weighted by atomic mass is 32.2. The van der Waals surface area contributed by atoms with Gasteiger partial charge >= 0.3 is 5.97 Å². The highest BCUT2D eigenvalue weighted by Gasteiger charge is 2.16. The number of oxime groups is 1. The van der Waals surface area contributed by atoms with Crippen LogP contribution in [0.5, 0.6) is 5.75 Å². The van der Waals surface area contributed by atoms with Crippen LogP contribution >= 0.6 is 11.8 Å². The molecule has 4 rings (SSSR count). The number of unbranched alkanes of at least 4 members (excludes halogenated alkanes) is 7. The summed E-state index contributed by atoms with van der Waals surface area (Å²) in [4.78, 5) is 26.6. The highest BCUT2D eigenvalue weighted by molar-refractivity contribution is 7.99. The molecule has 0 bridgehead atoms. The van der Waals surface area contributed by atoms with Crippen LogP contribution < -0.4 is 4.74 Å². The lowest BCUT2D eigenvalue weighted by atomic mass is 10.1. The van der Waals surface area contributed by atoms with Gasteiger partial charge in [-0.3, -0.25) is 0 Å². The Morgan fingerprint density at radius 1 is 0.830 bits per heavy atom. The van der Waals surface area contributed by atoms with E-state index in [1.165, 1.54) is 38.5 Å². The second kappa shape index (κ2) is 20.3. The number of carbonyl (C=O) groups is 1. The summed E-state index contributed by atoms with van der Waals surface area (Å²) in [5.74, 6) is 1.13. The number of carbonyl (C=O) groups excluding carboxylic acids is 1. The molecule has 4 aromatic rings. The van der Waals surface area contributed by atoms with Crippen molar-refractivity contribution >= 4 is 23.4 Å². The third-order valence-electron chi connectivity index (χ3n) is 7.49. The standard InChI is InChI=1S/C39H49N3O4S/c1-4-5-6-7-8-9-10-17-26-46-42-34(28-44-35-24-22-33(23-25-35)38(43)45-27-30(2)3)29-47-39-40-36(31-18-13-11-14-19-31)37(41-39)32-20-15-12-16-21-32/h11-16,18-25,30H,4-10,17,26-29H2,1-3H3,(H,40,41)/b42-34-. The number of ether oxygens (including phenoxy) is 2. The smallest absolute Gasteiger partial charge is 0.338 e. The predicted molar refractivity (Wildman–Crippen MR) is 193 cm³/mol. The zero-order valence-electron chi connectivity index (χ0n) is 28.1. The molecule has 0 aliphatic carbocycles. The van der Waals surface area contributed by atoms with E-state index in [2.05, 4.69) is 41.3 Å². The van der Waals surface area contributed by atoms with E-state index in [0.717, 1.165) is 46.2 Å². The van der Waals surface area contributed by atoms with E-state index in [4.69, 9.17) is 19.3 Å². The van der Waals surface area contributed by atoms with Crippen LogP contribution in [0.25, 0.3) is 22.5 Å². The van der Waals surface area contributed by atoms with Gasteiger partial charge in [0.15, 0.2) is 5.16 Å². The Labute approximate surface area is 284 Å². The maximum absolute atomic E-state index is 12.3. The van der Waals surface area contributed by atoms with Crippen LogP contribution in [-0.4, -0.2) is 47.2 Å². The summed E-state index contributed by atoms with van der Waals surface area (Å²) in [6.07, 6.45) is 9.89. The molecule has 0 atom stereocenters. The molecule has 8 heteroatoms. The highest BCUT2D eigenvalue weighted by Crippen LogP contribution is 2.32. The minimum Gasteiger partial charge on any atom is -0.487 e. The summed E-state index contributed by atoms with van der Waals surface area (Å²) in [5, 5.41) is 5.29. The monoisotopic (exact) mass is 655 g/mol. The molecule has 0 saturated carbocycles. The van der Waals surface area contributed by atoms with Gasteiger partial charge in [0.25, 0.3) is 0 Å². The van der Waals surface area contributed by atoms with E-state index in [1.807, 2.05) is 50.2 Å². The fourth-order valence-corrected chi connectivity index (χ4v) is 5.67. The number of rotatable bonds is 21. The van der Waals surface area contributed by atoms with E-state index < -0.39 is 0 Å². The first-order valence-electron chi connectivity index (χ1n) is 16.9. The third kappa shape index (κ3) is 12.6. The molecular weight excluding hydrogens is 607 g/mol. The quantitative estimate of drug-likeness (QED) is 0.0316. The second-order valence-electron chi connectivity index (χ2n) is 12.1. The van der Waals surface area contributed by atoms with E-state index >= 15 is 0 Å². The summed E-state index contributed by atoms with van der Waals surface area (Å²) in [6.45, 7) is 7.49. The van der Waals surface area contributed by atoms with Crippen LogP contribution in [0.15, 0.2) is 95.2 Å². The molecular formula is C39H49N3O4S. The van der Waals surface area contributed by atoms with E-state index in [0.29, 0.717) is 30.3 Å². The van der Waals surface area contributed by atoms with Gasteiger partial charge in [-0.05, 0) is 43.0 Å². The zero-order valence-corrected chi connectivity index (χ0v) is 28.9. The number of aromatic nitrogens is 2. The van der Waals surface area contributed by atoms with Crippen molar-refractivity contribution in [3.63, 3.8) is 0 Å². The molecule has 7 nitrogen and oxygen atoms in total. The Morgan fingerprint density at radius 2 is 1.47 bits per heavy atom. The molecule has 1 N–H and O–H groups in total. The summed E-state index contributed by atoms with van der Waals surface area (Å²) in [7, 11) is 0. The SMILES string of the molecule is CCCCCCCCCCO/N=C(/COc1ccc(C(=O)OCC(C)C)cc1)CSc1nc(-c2ccccc2)c(-c2ccccc2)[nH]1. The van der Waals surface area contributed by atoms with Crippen LogP contribution in [0.4, 0.5) is 0 Å². The van der Waals surface area contributed by atoms with Gasteiger partial charge in [0.1, 0.15) is 24.7 Å². The van der Waals surface area contributed by atoms with Crippen molar-refractivity contribution in [1.82, 2.24) is 9.97 Å². The lowest BCUT2D eigenvalue weighted by Crippen LogP contribution is -2.15. The van der Waals surface area contributed by atoms with E-state index in [1.54, 1.807) is 36.0 Å². The van der Waals surface area contributed by atoms with Crippen molar-refractivity contribution < 1.29 is 19.1 Å². The molecule has 0 saturated heterocycles. The maximum atomic E-state index is 12.3. The predicted octanol–water partition coefficient (Wildman–Crippen LogP) is 10.2. The summed E-state index contributed by atoms with van der Waals surface area (Å²) in [5.41, 5.74) is 5.27. The number of esters is 1. The zero-order chi connectivity index (χ0) is 33.1. The molecule has 250 valence electrons. The topological polar surface area (TPSA) is 85.8 Å². The number of hydrogen-bond acceptors (Lipinski definition) is 7. The Hall–Kier alpha value is -4.04. The molecule has 0 unspecified atom stereocenters. The number of thioether (sulfide) groups is 1. The normalized spacial score (nSPS) is 11.5. The van der Waals surface area contributed by atoms with Gasteiger partial charge in [-0.25, -0.2) is 9.78 Å². The number of nitrogens with one attached hydrogen (secondary N) is 1. The van der Waals surface area contributed by atoms with E-state index in [-0.39, 0.29) is 18.5 Å². The average molecular weight is 656 g/mol. The first kappa shape index (κ1) is 35.8. The number of benzene rings is 3. The minimum absolute atomic E-state index is 0.249. The Morgan fingerprint density at radius 3 is 2.13 bits per heavy atom. The molecule has 0 radical (unpaired) electrons. The van der Waals surface area contributed by atoms with Crippen LogP contribution in [-0.2, 0) is 9.57 Å². The second-order valence-corrected chi connectivity index (χ2v) is 13.0. The molecule has 0 fully saturated rings. The van der Waals surface area contributed by atoms with Crippen molar-refractivity contribution in [3.05, 3.63) is 90.5 Å². The van der Waals surface area contributed by atoms with Crippen LogP contribution in [0.1, 0.15) is 82.5 Å². The number of H-pyrrole nitrogens is 1. The lowest BCUT2D eigenvalue weighted by molar-refractivity contribution is 0.0459. The molecule has 0 spiro atoms. The summed E-state index contributed by atoms with van der Waals surface area (Å²) >= 11 is 1.56. The molecule has 0 aliphatic heterocycles. The number of hydrogen-bond donors (Lipinski definition) is 1. The van der Waals surface area contributed by atoms with Crippen molar-refractivity contribution in [1.29, 1.82) is 0 Å². The minimum atomic E-state index is -0.332. The van der Waals surface area contributed by atoms with Crippen LogP contribution in [0.2, 0.25) is 0 Å². The molecule has 3 aromatic carbocycles. The summed E-state index contributed by atoms with van der Waals surface area (Å²) < 4.78 is 11.4. The largest absolute Gasteiger partial charge is 0.487 e. The van der Waals surface area contributed by atoms with Gasteiger partial charge in [0.05, 0.1) is 23.6 Å². The van der Waals surface area contributed by atoms with Gasteiger partial charge in [0, 0.05) is 16.9 Å². The molecule has 1 aromatic heterocycles.